The second-order valence-electron chi connectivity index (χ2n) is 6.34. The van der Waals surface area contributed by atoms with E-state index in [2.05, 4.69) is 25.7 Å². The lowest BCUT2D eigenvalue weighted by molar-refractivity contribution is 0.0802. The highest BCUT2D eigenvalue weighted by atomic mass is 15.1. The molecule has 1 heteroatoms. The summed E-state index contributed by atoms with van der Waals surface area (Å²) in [6, 6.07) is 0. The molecular formula is C15H29N. The summed E-state index contributed by atoms with van der Waals surface area (Å²) < 4.78 is 0. The third-order valence-electron chi connectivity index (χ3n) is 5.68. The van der Waals surface area contributed by atoms with Crippen LogP contribution >= 0.6 is 0 Å². The van der Waals surface area contributed by atoms with Crippen LogP contribution < -0.4 is 0 Å². The molecule has 2 fully saturated rings. The second-order valence-corrected chi connectivity index (χ2v) is 6.34. The second kappa shape index (κ2) is 4.68. The molecule has 1 heterocycles. The highest BCUT2D eigenvalue weighted by Gasteiger charge is 2.43. The topological polar surface area (TPSA) is 3.24 Å². The van der Waals surface area contributed by atoms with Crippen molar-refractivity contribution in [2.45, 2.75) is 65.7 Å². The Bertz CT molecular complexity index is 216. The first-order valence-electron chi connectivity index (χ1n) is 7.40. The molecular weight excluding hydrogens is 194 g/mol. The van der Waals surface area contributed by atoms with E-state index in [1.807, 2.05) is 0 Å². The van der Waals surface area contributed by atoms with Gasteiger partial charge in [0.05, 0.1) is 0 Å². The summed E-state index contributed by atoms with van der Waals surface area (Å²) in [5, 5.41) is 0. The van der Waals surface area contributed by atoms with Gasteiger partial charge >= 0.3 is 0 Å². The largest absolute Gasteiger partial charge is 0.303 e. The number of hydrogen-bond acceptors (Lipinski definition) is 1. The molecule has 2 rings (SSSR count). The summed E-state index contributed by atoms with van der Waals surface area (Å²) in [5.74, 6) is 0. The molecule has 1 aliphatic heterocycles. The van der Waals surface area contributed by atoms with Crippen LogP contribution in [0.5, 0.6) is 0 Å². The van der Waals surface area contributed by atoms with Crippen molar-refractivity contribution in [2.24, 2.45) is 10.8 Å². The minimum atomic E-state index is 0.694. The number of rotatable bonds is 5. The smallest absolute Gasteiger partial charge is 0.00379 e. The standard InChI is InChI=1S/C15H29N/c1-4-14(5-2)9-11-16(12-10-14)13-15(6-3)7-8-15/h4-13H2,1-3H3. The Labute approximate surface area is 102 Å². The van der Waals surface area contributed by atoms with E-state index in [9.17, 15) is 0 Å². The summed E-state index contributed by atoms with van der Waals surface area (Å²) in [5.41, 5.74) is 1.44. The van der Waals surface area contributed by atoms with Gasteiger partial charge < -0.3 is 4.90 Å². The highest BCUT2D eigenvalue weighted by Crippen LogP contribution is 2.50. The first-order chi connectivity index (χ1) is 7.67. The molecule has 0 radical (unpaired) electrons. The van der Waals surface area contributed by atoms with Crippen molar-refractivity contribution < 1.29 is 0 Å². The lowest BCUT2D eigenvalue weighted by atomic mass is 9.74. The van der Waals surface area contributed by atoms with Gasteiger partial charge in [0.25, 0.3) is 0 Å². The number of piperidine rings is 1. The van der Waals surface area contributed by atoms with Gasteiger partial charge in [-0.2, -0.15) is 0 Å². The summed E-state index contributed by atoms with van der Waals surface area (Å²) in [6.07, 6.45) is 10.0. The van der Waals surface area contributed by atoms with E-state index in [1.165, 1.54) is 64.6 Å². The van der Waals surface area contributed by atoms with Gasteiger partial charge in [0.1, 0.15) is 0 Å². The minimum Gasteiger partial charge on any atom is -0.303 e. The molecule has 0 unspecified atom stereocenters. The maximum absolute atomic E-state index is 2.75. The lowest BCUT2D eigenvalue weighted by Gasteiger charge is -2.42. The zero-order valence-electron chi connectivity index (χ0n) is 11.5. The van der Waals surface area contributed by atoms with Crippen LogP contribution in [-0.4, -0.2) is 24.5 Å². The van der Waals surface area contributed by atoms with Crippen LogP contribution in [0.3, 0.4) is 0 Å². The molecule has 0 amide bonds. The van der Waals surface area contributed by atoms with E-state index in [1.54, 1.807) is 0 Å². The maximum atomic E-state index is 2.75. The third-order valence-corrected chi connectivity index (χ3v) is 5.68. The van der Waals surface area contributed by atoms with Gasteiger partial charge in [-0.3, -0.25) is 0 Å². The monoisotopic (exact) mass is 223 g/mol. The van der Waals surface area contributed by atoms with Gasteiger partial charge in [-0.15, -0.1) is 0 Å². The minimum absolute atomic E-state index is 0.694. The molecule has 2 aliphatic rings. The van der Waals surface area contributed by atoms with E-state index < -0.39 is 0 Å². The Hall–Kier alpha value is -0.0400. The molecule has 1 saturated heterocycles. The fraction of sp³-hybridized carbons (Fsp3) is 1.00. The van der Waals surface area contributed by atoms with Gasteiger partial charge in [-0.1, -0.05) is 33.6 Å². The van der Waals surface area contributed by atoms with Crippen molar-refractivity contribution in [3.63, 3.8) is 0 Å². The molecule has 0 aromatic carbocycles. The van der Waals surface area contributed by atoms with Crippen molar-refractivity contribution in [3.8, 4) is 0 Å². The van der Waals surface area contributed by atoms with E-state index in [4.69, 9.17) is 0 Å². The molecule has 0 aromatic heterocycles. The normalized spacial score (nSPS) is 27.9. The maximum Gasteiger partial charge on any atom is 0.00379 e. The molecule has 16 heavy (non-hydrogen) atoms. The van der Waals surface area contributed by atoms with E-state index in [-0.39, 0.29) is 0 Å². The summed E-state index contributed by atoms with van der Waals surface area (Å²) in [4.78, 5) is 2.75. The molecule has 1 nitrogen and oxygen atoms in total. The van der Waals surface area contributed by atoms with E-state index >= 15 is 0 Å². The first kappa shape index (κ1) is 12.4. The van der Waals surface area contributed by atoms with Crippen LogP contribution in [-0.2, 0) is 0 Å². The molecule has 94 valence electrons. The van der Waals surface area contributed by atoms with Crippen LogP contribution in [0.25, 0.3) is 0 Å². The Balaban J connectivity index is 1.81. The van der Waals surface area contributed by atoms with Crippen LogP contribution in [0.1, 0.15) is 65.7 Å². The average Bonchev–Trinajstić information content (AvgIpc) is 3.11. The number of hydrogen-bond donors (Lipinski definition) is 0. The molecule has 0 aromatic rings. The Kier molecular flexibility index (Phi) is 3.63. The Morgan fingerprint density at radius 3 is 1.62 bits per heavy atom. The first-order valence-corrected chi connectivity index (χ1v) is 7.40. The Morgan fingerprint density at radius 2 is 1.25 bits per heavy atom. The predicted molar refractivity (Wildman–Crippen MR) is 70.6 cm³/mol. The van der Waals surface area contributed by atoms with Crippen molar-refractivity contribution in [3.05, 3.63) is 0 Å². The molecule has 0 N–H and O–H groups in total. The fourth-order valence-corrected chi connectivity index (χ4v) is 3.42. The van der Waals surface area contributed by atoms with E-state index in [0.29, 0.717) is 5.41 Å². The van der Waals surface area contributed by atoms with Crippen molar-refractivity contribution in [2.75, 3.05) is 19.6 Å². The fourth-order valence-electron chi connectivity index (χ4n) is 3.42. The SMILES string of the molecule is CCC1(CC)CCN(CC2(CC)CC2)CC1. The molecule has 1 saturated carbocycles. The summed E-state index contributed by atoms with van der Waals surface area (Å²) >= 11 is 0. The highest BCUT2D eigenvalue weighted by molar-refractivity contribution is 4.96. The molecule has 0 atom stereocenters. The van der Waals surface area contributed by atoms with Gasteiger partial charge in [-0.05, 0) is 56.0 Å². The average molecular weight is 223 g/mol. The summed E-state index contributed by atoms with van der Waals surface area (Å²) in [6.45, 7) is 11.3. The van der Waals surface area contributed by atoms with Crippen LogP contribution in [0.4, 0.5) is 0 Å². The zero-order valence-corrected chi connectivity index (χ0v) is 11.5. The number of likely N-dealkylation sites (tertiary alicyclic amines) is 1. The lowest BCUT2D eigenvalue weighted by Crippen LogP contribution is -2.42. The summed E-state index contributed by atoms with van der Waals surface area (Å²) in [7, 11) is 0. The zero-order chi connectivity index (χ0) is 11.6. The van der Waals surface area contributed by atoms with Gasteiger partial charge in [0, 0.05) is 6.54 Å². The third kappa shape index (κ3) is 2.45. The predicted octanol–water partition coefficient (Wildman–Crippen LogP) is 4.08. The molecule has 0 bridgehead atoms. The van der Waals surface area contributed by atoms with Crippen LogP contribution in [0, 0.1) is 10.8 Å². The Morgan fingerprint density at radius 1 is 0.750 bits per heavy atom. The van der Waals surface area contributed by atoms with Gasteiger partial charge in [0.15, 0.2) is 0 Å². The van der Waals surface area contributed by atoms with Crippen LogP contribution in [0.15, 0.2) is 0 Å². The number of nitrogens with zero attached hydrogens (tertiary/aromatic N) is 1. The van der Waals surface area contributed by atoms with E-state index in [0.717, 1.165) is 5.41 Å². The quantitative estimate of drug-likeness (QED) is 0.679. The van der Waals surface area contributed by atoms with Crippen molar-refractivity contribution in [1.29, 1.82) is 0 Å². The van der Waals surface area contributed by atoms with Crippen molar-refractivity contribution >= 4 is 0 Å². The molecule has 0 spiro atoms. The van der Waals surface area contributed by atoms with Crippen molar-refractivity contribution in [1.82, 2.24) is 4.90 Å². The van der Waals surface area contributed by atoms with Crippen LogP contribution in [0.2, 0.25) is 0 Å². The van der Waals surface area contributed by atoms with Gasteiger partial charge in [-0.25, -0.2) is 0 Å². The molecule has 1 aliphatic carbocycles. The van der Waals surface area contributed by atoms with Gasteiger partial charge in [0.2, 0.25) is 0 Å².